The van der Waals surface area contributed by atoms with Gasteiger partial charge in [0, 0.05) is 24.0 Å². The zero-order valence-corrected chi connectivity index (χ0v) is 10.9. The first kappa shape index (κ1) is 12.6. The number of hydrogen-bond acceptors (Lipinski definition) is 5. The Hall–Kier alpha value is -1.82. The van der Waals surface area contributed by atoms with Crippen molar-refractivity contribution in [2.75, 3.05) is 12.3 Å². The normalized spacial score (nSPS) is 10.5. The average Bonchev–Trinajstić information content (AvgIpc) is 2.96. The maximum Gasteiger partial charge on any atom is 0.361 e. The van der Waals surface area contributed by atoms with E-state index in [-0.39, 0.29) is 5.69 Å². The van der Waals surface area contributed by atoms with Crippen molar-refractivity contribution in [1.29, 1.82) is 0 Å². The van der Waals surface area contributed by atoms with Gasteiger partial charge in [-0.1, -0.05) is 6.07 Å². The highest BCUT2D eigenvalue weighted by molar-refractivity contribution is 7.09. The van der Waals surface area contributed by atoms with Gasteiger partial charge in [0.15, 0.2) is 5.69 Å². The van der Waals surface area contributed by atoms with E-state index in [1.165, 1.54) is 4.88 Å². The summed E-state index contributed by atoms with van der Waals surface area (Å²) < 4.78 is 6.56. The molecule has 0 aliphatic rings. The van der Waals surface area contributed by atoms with E-state index in [2.05, 4.69) is 11.2 Å². The molecule has 6 heteroatoms. The van der Waals surface area contributed by atoms with Crippen LogP contribution >= 0.6 is 11.3 Å². The molecule has 0 saturated heterocycles. The van der Waals surface area contributed by atoms with E-state index >= 15 is 0 Å². The van der Waals surface area contributed by atoms with Gasteiger partial charge in [0.1, 0.15) is 0 Å². The predicted octanol–water partition coefficient (Wildman–Crippen LogP) is 1.95. The van der Waals surface area contributed by atoms with Crippen molar-refractivity contribution in [3.05, 3.63) is 34.3 Å². The maximum absolute atomic E-state index is 11.5. The molecule has 0 atom stereocenters. The standard InChI is InChI=1S/C12H15N3O2S/c1-2-17-12(16)11-10(13)8-15(14-11)6-5-9-4-3-7-18-9/h3-4,7-8H,2,5-6,13H2,1H3. The number of aryl methyl sites for hydroxylation is 2. The highest BCUT2D eigenvalue weighted by Crippen LogP contribution is 2.13. The molecule has 2 N–H and O–H groups in total. The Balaban J connectivity index is 2.02. The maximum atomic E-state index is 11.5. The first-order valence-electron chi connectivity index (χ1n) is 5.73. The van der Waals surface area contributed by atoms with Crippen LogP contribution in [-0.4, -0.2) is 22.4 Å². The zero-order chi connectivity index (χ0) is 13.0. The third-order valence-electron chi connectivity index (χ3n) is 2.43. The number of ether oxygens (including phenoxy) is 1. The van der Waals surface area contributed by atoms with Gasteiger partial charge in [0.2, 0.25) is 0 Å². The van der Waals surface area contributed by atoms with Gasteiger partial charge in [-0.25, -0.2) is 4.79 Å². The molecule has 0 spiro atoms. The molecule has 0 unspecified atom stereocenters. The fourth-order valence-corrected chi connectivity index (χ4v) is 2.29. The van der Waals surface area contributed by atoms with Gasteiger partial charge in [0.05, 0.1) is 12.3 Å². The van der Waals surface area contributed by atoms with E-state index in [1.807, 2.05) is 11.4 Å². The summed E-state index contributed by atoms with van der Waals surface area (Å²) in [4.78, 5) is 12.8. The average molecular weight is 265 g/mol. The number of hydrogen-bond donors (Lipinski definition) is 1. The number of thiophene rings is 1. The van der Waals surface area contributed by atoms with Crippen LogP contribution in [-0.2, 0) is 17.7 Å². The summed E-state index contributed by atoms with van der Waals surface area (Å²) in [6.07, 6.45) is 2.54. The van der Waals surface area contributed by atoms with Crippen LogP contribution in [0, 0.1) is 0 Å². The molecule has 0 aromatic carbocycles. The molecule has 18 heavy (non-hydrogen) atoms. The third-order valence-corrected chi connectivity index (χ3v) is 3.36. The molecule has 2 aromatic rings. The molecule has 0 fully saturated rings. The molecule has 5 nitrogen and oxygen atoms in total. The molecular weight excluding hydrogens is 250 g/mol. The Morgan fingerprint density at radius 1 is 1.61 bits per heavy atom. The number of nitrogens with two attached hydrogens (primary N) is 1. The summed E-state index contributed by atoms with van der Waals surface area (Å²) in [5.41, 5.74) is 6.30. The number of carbonyl (C=O) groups excluding carboxylic acids is 1. The third kappa shape index (κ3) is 2.89. The number of nitrogens with zero attached hydrogens (tertiary/aromatic N) is 2. The second-order valence-electron chi connectivity index (χ2n) is 3.75. The molecule has 96 valence electrons. The minimum Gasteiger partial charge on any atom is -0.461 e. The number of anilines is 1. The van der Waals surface area contributed by atoms with E-state index < -0.39 is 5.97 Å². The lowest BCUT2D eigenvalue weighted by atomic mass is 10.3. The molecule has 0 bridgehead atoms. The van der Waals surface area contributed by atoms with Gasteiger partial charge in [-0.2, -0.15) is 5.10 Å². The van der Waals surface area contributed by atoms with E-state index in [0.29, 0.717) is 18.8 Å². The summed E-state index contributed by atoms with van der Waals surface area (Å²) in [6.45, 7) is 2.77. The Morgan fingerprint density at radius 3 is 3.11 bits per heavy atom. The molecule has 0 amide bonds. The minimum atomic E-state index is -0.468. The second kappa shape index (κ2) is 5.68. The van der Waals surface area contributed by atoms with Crippen LogP contribution in [0.2, 0.25) is 0 Å². The van der Waals surface area contributed by atoms with Gasteiger partial charge in [-0.3, -0.25) is 4.68 Å². The van der Waals surface area contributed by atoms with Crippen molar-refractivity contribution in [3.63, 3.8) is 0 Å². The van der Waals surface area contributed by atoms with Crippen molar-refractivity contribution in [2.24, 2.45) is 0 Å². The van der Waals surface area contributed by atoms with Crippen molar-refractivity contribution >= 4 is 23.0 Å². The number of esters is 1. The SMILES string of the molecule is CCOC(=O)c1nn(CCc2cccs2)cc1N. The highest BCUT2D eigenvalue weighted by atomic mass is 32.1. The molecule has 0 aliphatic heterocycles. The van der Waals surface area contributed by atoms with E-state index in [4.69, 9.17) is 10.5 Å². The van der Waals surface area contributed by atoms with E-state index in [9.17, 15) is 4.79 Å². The summed E-state index contributed by atoms with van der Waals surface area (Å²) >= 11 is 1.70. The van der Waals surface area contributed by atoms with E-state index in [1.54, 1.807) is 29.1 Å². The first-order chi connectivity index (χ1) is 8.70. The van der Waals surface area contributed by atoms with Gasteiger partial charge < -0.3 is 10.5 Å². The number of rotatable bonds is 5. The lowest BCUT2D eigenvalue weighted by molar-refractivity contribution is 0.0519. The van der Waals surface area contributed by atoms with Crippen molar-refractivity contribution < 1.29 is 9.53 Å². The van der Waals surface area contributed by atoms with Crippen molar-refractivity contribution in [1.82, 2.24) is 9.78 Å². The molecule has 0 aliphatic carbocycles. The van der Waals surface area contributed by atoms with Crippen LogP contribution in [0.3, 0.4) is 0 Å². The van der Waals surface area contributed by atoms with Gasteiger partial charge in [-0.05, 0) is 18.4 Å². The molecular formula is C12H15N3O2S. The fraction of sp³-hybridized carbons (Fsp3) is 0.333. The summed E-state index contributed by atoms with van der Waals surface area (Å²) in [5.74, 6) is -0.468. The lowest BCUT2D eigenvalue weighted by Gasteiger charge is -1.99. The van der Waals surface area contributed by atoms with Crippen LogP contribution in [0.5, 0.6) is 0 Å². The molecule has 2 heterocycles. The zero-order valence-electron chi connectivity index (χ0n) is 10.1. The molecule has 0 saturated carbocycles. The monoisotopic (exact) mass is 265 g/mol. The summed E-state index contributed by atoms with van der Waals surface area (Å²) in [6, 6.07) is 4.09. The van der Waals surface area contributed by atoms with Crippen LogP contribution in [0.25, 0.3) is 0 Å². The van der Waals surface area contributed by atoms with Crippen LogP contribution in [0.1, 0.15) is 22.3 Å². The van der Waals surface area contributed by atoms with Gasteiger partial charge in [-0.15, -0.1) is 11.3 Å². The Morgan fingerprint density at radius 2 is 2.44 bits per heavy atom. The largest absolute Gasteiger partial charge is 0.461 e. The van der Waals surface area contributed by atoms with Crippen molar-refractivity contribution in [2.45, 2.75) is 19.9 Å². The van der Waals surface area contributed by atoms with Crippen LogP contribution < -0.4 is 5.73 Å². The van der Waals surface area contributed by atoms with Crippen LogP contribution in [0.15, 0.2) is 23.7 Å². The Labute approximate surface area is 109 Å². The van der Waals surface area contributed by atoms with Gasteiger partial charge >= 0.3 is 5.97 Å². The fourth-order valence-electron chi connectivity index (χ4n) is 1.59. The summed E-state index contributed by atoms with van der Waals surface area (Å²) in [7, 11) is 0. The van der Waals surface area contributed by atoms with E-state index in [0.717, 1.165) is 6.42 Å². The van der Waals surface area contributed by atoms with Crippen LogP contribution in [0.4, 0.5) is 5.69 Å². The highest BCUT2D eigenvalue weighted by Gasteiger charge is 2.15. The Bertz CT molecular complexity index is 519. The van der Waals surface area contributed by atoms with Gasteiger partial charge in [0.25, 0.3) is 0 Å². The quantitative estimate of drug-likeness (QED) is 0.839. The topological polar surface area (TPSA) is 70.1 Å². The van der Waals surface area contributed by atoms with Crippen molar-refractivity contribution in [3.8, 4) is 0 Å². The summed E-state index contributed by atoms with van der Waals surface area (Å²) in [5, 5.41) is 6.19. The molecule has 0 radical (unpaired) electrons. The molecule has 2 rings (SSSR count). The minimum absolute atomic E-state index is 0.197. The lowest BCUT2D eigenvalue weighted by Crippen LogP contribution is -2.09. The second-order valence-corrected chi connectivity index (χ2v) is 4.78. The Kier molecular flexibility index (Phi) is 3.99. The number of carbonyl (C=O) groups is 1. The first-order valence-corrected chi connectivity index (χ1v) is 6.61. The number of nitrogen functional groups attached to an aromatic ring is 1. The smallest absolute Gasteiger partial charge is 0.361 e. The molecule has 2 aromatic heterocycles. The number of aromatic nitrogens is 2. The predicted molar refractivity (Wildman–Crippen MR) is 70.6 cm³/mol.